The molecule has 1 rings (SSSR count). The van der Waals surface area contributed by atoms with Crippen molar-refractivity contribution in [3.63, 3.8) is 0 Å². The highest BCUT2D eigenvalue weighted by molar-refractivity contribution is 7.89. The maximum absolute atomic E-state index is 11.4. The van der Waals surface area contributed by atoms with E-state index in [1.165, 1.54) is 4.88 Å². The van der Waals surface area contributed by atoms with Crippen LogP contribution in [0.2, 0.25) is 0 Å². The number of hydrogen-bond acceptors (Lipinski definition) is 4. The molecule has 2 N–H and O–H groups in total. The van der Waals surface area contributed by atoms with E-state index in [1.54, 1.807) is 18.3 Å². The molecule has 0 fully saturated rings. The van der Waals surface area contributed by atoms with E-state index in [0.29, 0.717) is 13.1 Å². The number of likely N-dealkylation sites (N-methyl/N-ethyl adjacent to an activating group) is 1. The minimum Gasteiger partial charge on any atom is -0.357 e. The van der Waals surface area contributed by atoms with Crippen molar-refractivity contribution >= 4 is 27.3 Å². The quantitative estimate of drug-likeness (QED) is 0.399. The van der Waals surface area contributed by atoms with Crippen molar-refractivity contribution in [3.8, 4) is 0 Å². The summed E-state index contributed by atoms with van der Waals surface area (Å²) in [5.74, 6) is 0.895. The smallest absolute Gasteiger partial charge is 0.211 e. The minimum absolute atomic E-state index is 0.0947. The molecule has 126 valence electrons. The molecule has 0 aliphatic heterocycles. The van der Waals surface area contributed by atoms with Crippen LogP contribution in [0.25, 0.3) is 0 Å². The number of guanidine groups is 1. The monoisotopic (exact) mass is 346 g/mol. The van der Waals surface area contributed by atoms with E-state index >= 15 is 0 Å². The van der Waals surface area contributed by atoms with Crippen LogP contribution in [0.15, 0.2) is 22.5 Å². The summed E-state index contributed by atoms with van der Waals surface area (Å²) < 4.78 is 25.2. The number of thiophene rings is 1. The highest BCUT2D eigenvalue weighted by Crippen LogP contribution is 2.09. The van der Waals surface area contributed by atoms with Gasteiger partial charge in [0.15, 0.2) is 5.96 Å². The fourth-order valence-corrected chi connectivity index (χ4v) is 3.08. The van der Waals surface area contributed by atoms with Gasteiger partial charge in [-0.3, -0.25) is 4.99 Å². The third-order valence-electron chi connectivity index (χ3n) is 3.05. The van der Waals surface area contributed by atoms with Gasteiger partial charge < -0.3 is 10.2 Å². The number of hydrogen-bond donors (Lipinski definition) is 2. The van der Waals surface area contributed by atoms with Crippen molar-refractivity contribution in [2.45, 2.75) is 20.3 Å². The molecule has 0 bridgehead atoms. The molecule has 0 saturated heterocycles. The first-order chi connectivity index (χ1) is 10.5. The van der Waals surface area contributed by atoms with E-state index in [0.717, 1.165) is 25.5 Å². The van der Waals surface area contributed by atoms with Gasteiger partial charge in [0.25, 0.3) is 0 Å². The Bertz CT molecular complexity index is 541. The molecule has 1 aromatic heterocycles. The molecule has 0 aliphatic rings. The number of nitrogens with one attached hydrogen (secondary N) is 2. The van der Waals surface area contributed by atoms with Gasteiger partial charge in [-0.1, -0.05) is 6.07 Å². The molecular formula is C14H26N4O2S2. The van der Waals surface area contributed by atoms with E-state index in [4.69, 9.17) is 0 Å². The van der Waals surface area contributed by atoms with Crippen LogP contribution in [-0.2, 0) is 16.4 Å². The van der Waals surface area contributed by atoms with Gasteiger partial charge in [0.1, 0.15) is 0 Å². The van der Waals surface area contributed by atoms with Crippen LogP contribution in [0.4, 0.5) is 0 Å². The van der Waals surface area contributed by atoms with Crippen LogP contribution >= 0.6 is 11.3 Å². The molecule has 8 heteroatoms. The molecule has 0 amide bonds. The lowest BCUT2D eigenvalue weighted by molar-refractivity contribution is 0.486. The predicted octanol–water partition coefficient (Wildman–Crippen LogP) is 1.13. The highest BCUT2D eigenvalue weighted by atomic mass is 32.2. The molecule has 0 unspecified atom stereocenters. The summed E-state index contributed by atoms with van der Waals surface area (Å²) >= 11 is 1.75. The van der Waals surface area contributed by atoms with Crippen LogP contribution in [0.5, 0.6) is 0 Å². The second-order valence-corrected chi connectivity index (χ2v) is 7.91. The van der Waals surface area contributed by atoms with Crippen molar-refractivity contribution in [1.82, 2.24) is 14.9 Å². The number of sulfonamides is 1. The topological polar surface area (TPSA) is 73.8 Å². The molecule has 0 spiro atoms. The van der Waals surface area contributed by atoms with Crippen LogP contribution in [0.1, 0.15) is 18.7 Å². The number of aliphatic imine (C=N–C) groups is 1. The summed E-state index contributed by atoms with van der Waals surface area (Å²) in [6.07, 6.45) is 0.973. The first kappa shape index (κ1) is 18.9. The molecule has 22 heavy (non-hydrogen) atoms. The molecule has 1 aromatic rings. The average molecular weight is 347 g/mol. The Morgan fingerprint density at radius 1 is 1.41 bits per heavy atom. The summed E-state index contributed by atoms with van der Waals surface area (Å²) in [6, 6.07) is 4.18. The second kappa shape index (κ2) is 9.81. The molecule has 0 aromatic carbocycles. The average Bonchev–Trinajstić information content (AvgIpc) is 3.01. The summed E-state index contributed by atoms with van der Waals surface area (Å²) in [6.45, 7) is 6.03. The van der Waals surface area contributed by atoms with Crippen LogP contribution in [0, 0.1) is 0 Å². The Labute approximate surface area is 137 Å². The van der Waals surface area contributed by atoms with Crippen molar-refractivity contribution in [3.05, 3.63) is 22.4 Å². The Morgan fingerprint density at radius 3 is 2.77 bits per heavy atom. The normalized spacial score (nSPS) is 12.4. The van der Waals surface area contributed by atoms with Crippen LogP contribution in [0.3, 0.4) is 0 Å². The molecule has 1 heterocycles. The Balaban J connectivity index is 2.46. The fraction of sp³-hybridized carbons (Fsp3) is 0.643. The third-order valence-corrected chi connectivity index (χ3v) is 5.39. The van der Waals surface area contributed by atoms with Crippen molar-refractivity contribution < 1.29 is 8.42 Å². The van der Waals surface area contributed by atoms with Gasteiger partial charge >= 0.3 is 0 Å². The number of nitrogens with zero attached hydrogens (tertiary/aromatic N) is 2. The second-order valence-electron chi connectivity index (χ2n) is 4.78. The Morgan fingerprint density at radius 2 is 2.18 bits per heavy atom. The van der Waals surface area contributed by atoms with Gasteiger partial charge in [0.05, 0.1) is 12.3 Å². The molecule has 6 nitrogen and oxygen atoms in total. The van der Waals surface area contributed by atoms with Crippen molar-refractivity contribution in [1.29, 1.82) is 0 Å². The van der Waals surface area contributed by atoms with Crippen molar-refractivity contribution in [2.75, 3.05) is 39.0 Å². The molecule has 0 radical (unpaired) electrons. The van der Waals surface area contributed by atoms with Gasteiger partial charge in [0, 0.05) is 31.6 Å². The van der Waals surface area contributed by atoms with E-state index in [-0.39, 0.29) is 5.75 Å². The number of rotatable bonds is 9. The summed E-state index contributed by atoms with van der Waals surface area (Å²) in [7, 11) is -1.15. The van der Waals surface area contributed by atoms with Gasteiger partial charge in [-0.05, 0) is 31.7 Å². The highest BCUT2D eigenvalue weighted by Gasteiger charge is 2.07. The van der Waals surface area contributed by atoms with E-state index in [9.17, 15) is 8.42 Å². The Hall–Kier alpha value is -1.12. The first-order valence-corrected chi connectivity index (χ1v) is 10.0. The largest absolute Gasteiger partial charge is 0.357 e. The van der Waals surface area contributed by atoms with E-state index in [1.807, 2.05) is 14.0 Å². The lowest BCUT2D eigenvalue weighted by Crippen LogP contribution is -2.40. The Kier molecular flexibility index (Phi) is 8.44. The zero-order valence-electron chi connectivity index (χ0n) is 13.5. The molecule has 0 aliphatic carbocycles. The zero-order chi connectivity index (χ0) is 16.4. The molecule has 0 atom stereocenters. The third kappa shape index (κ3) is 7.24. The van der Waals surface area contributed by atoms with Gasteiger partial charge in [-0.2, -0.15) is 0 Å². The standard InChI is InChI=1S/C14H26N4O2S2/c1-4-15-14(16-9-10-17-22(19,20)5-2)18(3)11-8-13-7-6-12-21-13/h6-7,12,17H,4-5,8-11H2,1-3H3,(H,15,16). The SMILES string of the molecule is CCNC(=NCCNS(=O)(=O)CC)N(C)CCc1cccs1. The molecule has 0 saturated carbocycles. The maximum atomic E-state index is 11.4. The van der Waals surface area contributed by atoms with Crippen LogP contribution in [-0.4, -0.2) is 58.3 Å². The predicted molar refractivity (Wildman–Crippen MR) is 94.1 cm³/mol. The lowest BCUT2D eigenvalue weighted by Gasteiger charge is -2.21. The van der Waals surface area contributed by atoms with Gasteiger partial charge in [0.2, 0.25) is 10.0 Å². The minimum atomic E-state index is -3.14. The fourth-order valence-electron chi connectivity index (χ4n) is 1.77. The van der Waals surface area contributed by atoms with Crippen LogP contribution < -0.4 is 10.0 Å². The summed E-state index contributed by atoms with van der Waals surface area (Å²) in [5.41, 5.74) is 0. The van der Waals surface area contributed by atoms with Crippen molar-refractivity contribution in [2.24, 2.45) is 4.99 Å². The van der Waals surface area contributed by atoms with Gasteiger partial charge in [-0.15, -0.1) is 11.3 Å². The maximum Gasteiger partial charge on any atom is 0.211 e. The zero-order valence-corrected chi connectivity index (χ0v) is 15.1. The van der Waals surface area contributed by atoms with E-state index < -0.39 is 10.0 Å². The molecular weight excluding hydrogens is 320 g/mol. The first-order valence-electron chi connectivity index (χ1n) is 7.47. The summed E-state index contributed by atoms with van der Waals surface area (Å²) in [4.78, 5) is 7.87. The van der Waals surface area contributed by atoms with Gasteiger partial charge in [-0.25, -0.2) is 13.1 Å². The lowest BCUT2D eigenvalue weighted by atomic mass is 10.3. The summed E-state index contributed by atoms with van der Waals surface area (Å²) in [5, 5.41) is 5.30. The van der Waals surface area contributed by atoms with E-state index in [2.05, 4.69) is 37.4 Å².